The fraction of sp³-hybridized carbons (Fsp3) is 0.667. The predicted octanol–water partition coefficient (Wildman–Crippen LogP) is 4.34. The van der Waals surface area contributed by atoms with E-state index in [0.717, 1.165) is 18.8 Å². The van der Waals surface area contributed by atoms with E-state index in [1.54, 1.807) is 0 Å². The van der Waals surface area contributed by atoms with Crippen LogP contribution in [0.5, 0.6) is 0 Å². The highest BCUT2D eigenvalue weighted by atomic mass is 14.0. The SMILES string of the molecule is C=CCCC=CC(CC)CCC. The van der Waals surface area contributed by atoms with Crippen LogP contribution in [0.4, 0.5) is 0 Å². The van der Waals surface area contributed by atoms with Crippen molar-refractivity contribution in [1.82, 2.24) is 0 Å². The maximum Gasteiger partial charge on any atom is -0.0236 e. The lowest BCUT2D eigenvalue weighted by Crippen LogP contribution is -1.92. The molecule has 0 aliphatic heterocycles. The maximum atomic E-state index is 3.70. The summed E-state index contributed by atoms with van der Waals surface area (Å²) in [6.45, 7) is 8.21. The Balaban J connectivity index is 3.52. The van der Waals surface area contributed by atoms with Crippen LogP contribution in [-0.4, -0.2) is 0 Å². The predicted molar refractivity (Wildman–Crippen MR) is 57.3 cm³/mol. The topological polar surface area (TPSA) is 0 Å². The van der Waals surface area contributed by atoms with Gasteiger partial charge in [-0.3, -0.25) is 0 Å². The summed E-state index contributed by atoms with van der Waals surface area (Å²) in [6.07, 6.45) is 12.8. The summed E-state index contributed by atoms with van der Waals surface area (Å²) in [5, 5.41) is 0. The molecule has 0 rings (SSSR count). The van der Waals surface area contributed by atoms with Crippen LogP contribution in [0.25, 0.3) is 0 Å². The zero-order chi connectivity index (χ0) is 9.23. The van der Waals surface area contributed by atoms with Gasteiger partial charge in [0.2, 0.25) is 0 Å². The van der Waals surface area contributed by atoms with Crippen LogP contribution in [-0.2, 0) is 0 Å². The molecule has 0 aliphatic carbocycles. The molecule has 0 fully saturated rings. The van der Waals surface area contributed by atoms with Crippen molar-refractivity contribution in [3.8, 4) is 0 Å². The quantitative estimate of drug-likeness (QED) is 0.390. The fourth-order valence-electron chi connectivity index (χ4n) is 1.31. The molecule has 0 aromatic carbocycles. The van der Waals surface area contributed by atoms with Crippen LogP contribution in [0.2, 0.25) is 0 Å². The Bertz CT molecular complexity index is 122. The standard InChI is InChI=1S/C12H22/c1-4-7-8-9-11-12(6-3)10-5-2/h4,9,11-12H,1,5-8,10H2,2-3H3. The zero-order valence-corrected chi connectivity index (χ0v) is 8.55. The summed E-state index contributed by atoms with van der Waals surface area (Å²) >= 11 is 0. The highest BCUT2D eigenvalue weighted by molar-refractivity contribution is 4.89. The molecule has 0 saturated heterocycles. The zero-order valence-electron chi connectivity index (χ0n) is 8.55. The first kappa shape index (κ1) is 11.5. The average molecular weight is 166 g/mol. The monoisotopic (exact) mass is 166 g/mol. The van der Waals surface area contributed by atoms with Gasteiger partial charge in [-0.2, -0.15) is 0 Å². The number of rotatable bonds is 7. The largest absolute Gasteiger partial charge is 0.103 e. The third-order valence-electron chi connectivity index (χ3n) is 2.13. The van der Waals surface area contributed by atoms with Crippen molar-refractivity contribution in [3.05, 3.63) is 24.8 Å². The molecule has 12 heavy (non-hydrogen) atoms. The van der Waals surface area contributed by atoms with Crippen molar-refractivity contribution in [2.45, 2.75) is 46.0 Å². The molecule has 0 N–H and O–H groups in total. The van der Waals surface area contributed by atoms with Gasteiger partial charge in [0.15, 0.2) is 0 Å². The molecule has 0 heterocycles. The number of hydrogen-bond acceptors (Lipinski definition) is 0. The van der Waals surface area contributed by atoms with E-state index in [4.69, 9.17) is 0 Å². The third-order valence-corrected chi connectivity index (χ3v) is 2.13. The smallest absolute Gasteiger partial charge is 0.0236 e. The summed E-state index contributed by atoms with van der Waals surface area (Å²) in [4.78, 5) is 0. The second-order valence-electron chi connectivity index (χ2n) is 3.25. The van der Waals surface area contributed by atoms with E-state index in [9.17, 15) is 0 Å². The molecule has 0 aliphatic rings. The lowest BCUT2D eigenvalue weighted by molar-refractivity contribution is 0.561. The highest BCUT2D eigenvalue weighted by Gasteiger charge is 1.97. The minimum atomic E-state index is 0.805. The van der Waals surface area contributed by atoms with Gasteiger partial charge in [-0.1, -0.05) is 38.5 Å². The first-order chi connectivity index (χ1) is 5.85. The van der Waals surface area contributed by atoms with Gasteiger partial charge < -0.3 is 0 Å². The Labute approximate surface area is 77.4 Å². The van der Waals surface area contributed by atoms with Crippen molar-refractivity contribution in [2.75, 3.05) is 0 Å². The first-order valence-corrected chi connectivity index (χ1v) is 5.12. The molecule has 0 spiro atoms. The average Bonchev–Trinajstić information content (AvgIpc) is 2.10. The van der Waals surface area contributed by atoms with Crippen molar-refractivity contribution in [1.29, 1.82) is 0 Å². The lowest BCUT2D eigenvalue weighted by atomic mass is 10.00. The Morgan fingerprint density at radius 1 is 1.25 bits per heavy atom. The van der Waals surface area contributed by atoms with Gasteiger partial charge in [0.05, 0.1) is 0 Å². The molecule has 1 unspecified atom stereocenters. The molecular formula is C12H22. The second kappa shape index (κ2) is 8.58. The molecule has 0 heteroatoms. The summed E-state index contributed by atoms with van der Waals surface area (Å²) < 4.78 is 0. The molecule has 0 amide bonds. The van der Waals surface area contributed by atoms with E-state index >= 15 is 0 Å². The normalized spacial score (nSPS) is 13.5. The van der Waals surface area contributed by atoms with E-state index in [-0.39, 0.29) is 0 Å². The van der Waals surface area contributed by atoms with Gasteiger partial charge in [0.25, 0.3) is 0 Å². The molecule has 0 bridgehead atoms. The fourth-order valence-corrected chi connectivity index (χ4v) is 1.31. The van der Waals surface area contributed by atoms with Crippen molar-refractivity contribution in [2.24, 2.45) is 5.92 Å². The molecule has 0 aromatic rings. The minimum Gasteiger partial charge on any atom is -0.103 e. The highest BCUT2D eigenvalue weighted by Crippen LogP contribution is 2.12. The van der Waals surface area contributed by atoms with Gasteiger partial charge in [-0.15, -0.1) is 6.58 Å². The second-order valence-corrected chi connectivity index (χ2v) is 3.25. The van der Waals surface area contributed by atoms with Gasteiger partial charge in [0, 0.05) is 0 Å². The van der Waals surface area contributed by atoms with E-state index < -0.39 is 0 Å². The molecule has 0 saturated carbocycles. The molecule has 0 aromatic heterocycles. The molecule has 0 nitrogen and oxygen atoms in total. The first-order valence-electron chi connectivity index (χ1n) is 5.12. The maximum absolute atomic E-state index is 3.70. The third kappa shape index (κ3) is 6.21. The molecule has 1 atom stereocenters. The van der Waals surface area contributed by atoms with E-state index in [1.807, 2.05) is 6.08 Å². The van der Waals surface area contributed by atoms with Crippen LogP contribution in [0.3, 0.4) is 0 Å². The van der Waals surface area contributed by atoms with Crippen LogP contribution in [0, 0.1) is 5.92 Å². The summed E-state index contributed by atoms with van der Waals surface area (Å²) in [5.41, 5.74) is 0. The lowest BCUT2D eigenvalue weighted by Gasteiger charge is -2.06. The van der Waals surface area contributed by atoms with Gasteiger partial charge >= 0.3 is 0 Å². The van der Waals surface area contributed by atoms with E-state index in [1.165, 1.54) is 19.3 Å². The number of allylic oxidation sites excluding steroid dienone is 3. The Morgan fingerprint density at radius 2 is 2.00 bits per heavy atom. The van der Waals surface area contributed by atoms with Gasteiger partial charge in [0.1, 0.15) is 0 Å². The van der Waals surface area contributed by atoms with Gasteiger partial charge in [-0.25, -0.2) is 0 Å². The van der Waals surface area contributed by atoms with Crippen molar-refractivity contribution < 1.29 is 0 Å². The molecule has 70 valence electrons. The van der Waals surface area contributed by atoms with Crippen molar-refractivity contribution in [3.63, 3.8) is 0 Å². The summed E-state index contributed by atoms with van der Waals surface area (Å²) in [7, 11) is 0. The Kier molecular flexibility index (Phi) is 8.20. The minimum absolute atomic E-state index is 0.805. The van der Waals surface area contributed by atoms with Crippen LogP contribution in [0.1, 0.15) is 46.0 Å². The Hall–Kier alpha value is -0.520. The van der Waals surface area contributed by atoms with E-state index in [2.05, 4.69) is 32.6 Å². The number of unbranched alkanes of at least 4 members (excludes halogenated alkanes) is 1. The van der Waals surface area contributed by atoms with Crippen LogP contribution in [0.15, 0.2) is 24.8 Å². The van der Waals surface area contributed by atoms with E-state index in [0.29, 0.717) is 0 Å². The molecular weight excluding hydrogens is 144 g/mol. The summed E-state index contributed by atoms with van der Waals surface area (Å²) in [5.74, 6) is 0.805. The Morgan fingerprint density at radius 3 is 2.50 bits per heavy atom. The molecule has 0 radical (unpaired) electrons. The van der Waals surface area contributed by atoms with Crippen LogP contribution >= 0.6 is 0 Å². The van der Waals surface area contributed by atoms with Crippen LogP contribution < -0.4 is 0 Å². The summed E-state index contributed by atoms with van der Waals surface area (Å²) in [6, 6.07) is 0. The van der Waals surface area contributed by atoms with Gasteiger partial charge in [-0.05, 0) is 31.6 Å². The van der Waals surface area contributed by atoms with Crippen molar-refractivity contribution >= 4 is 0 Å². The number of hydrogen-bond donors (Lipinski definition) is 0.